The van der Waals surface area contributed by atoms with Crippen molar-refractivity contribution in [1.82, 2.24) is 5.32 Å². The maximum Gasteiger partial charge on any atom is 0.334 e. The first-order valence-electron chi connectivity index (χ1n) is 8.53. The van der Waals surface area contributed by atoms with Crippen LogP contribution < -0.4 is 15.4 Å². The van der Waals surface area contributed by atoms with Crippen LogP contribution in [0.4, 0.5) is 14.5 Å². The summed E-state index contributed by atoms with van der Waals surface area (Å²) in [7, 11) is 0. The van der Waals surface area contributed by atoms with Crippen molar-refractivity contribution in [3.8, 4) is 5.75 Å². The van der Waals surface area contributed by atoms with Crippen LogP contribution >= 0.6 is 0 Å². The molecule has 0 saturated carbocycles. The highest BCUT2D eigenvalue weighted by Gasteiger charge is 2.28. The number of hydrogen-bond donors (Lipinski definition) is 2. The van der Waals surface area contributed by atoms with Gasteiger partial charge in [0.05, 0.1) is 0 Å². The molecule has 6 nitrogen and oxygen atoms in total. The molecule has 148 valence electrons. The molecule has 0 saturated heterocycles. The molecule has 2 aromatic carbocycles. The Morgan fingerprint density at radius 2 is 1.54 bits per heavy atom. The Labute approximate surface area is 160 Å². The van der Waals surface area contributed by atoms with E-state index < -0.39 is 41.0 Å². The summed E-state index contributed by atoms with van der Waals surface area (Å²) >= 11 is 0. The van der Waals surface area contributed by atoms with Gasteiger partial charge in [-0.3, -0.25) is 9.59 Å². The van der Waals surface area contributed by atoms with Crippen molar-refractivity contribution in [3.05, 3.63) is 59.7 Å². The Kier molecular flexibility index (Phi) is 6.81. The Balaban J connectivity index is 2.11. The summed E-state index contributed by atoms with van der Waals surface area (Å²) in [5.74, 6) is -4.34. The van der Waals surface area contributed by atoms with E-state index in [9.17, 15) is 23.2 Å². The summed E-state index contributed by atoms with van der Waals surface area (Å²) in [6.45, 7) is 4.68. The summed E-state index contributed by atoms with van der Waals surface area (Å²) in [6.07, 6.45) is 0. The number of carbonyl (C=O) groups excluding carboxylic acids is 3. The van der Waals surface area contributed by atoms with Gasteiger partial charge >= 0.3 is 5.97 Å². The fourth-order valence-corrected chi connectivity index (χ4v) is 2.42. The normalized spacial score (nSPS) is 11.6. The number of rotatable bonds is 6. The van der Waals surface area contributed by atoms with E-state index in [2.05, 4.69) is 10.6 Å². The molecule has 0 radical (unpaired) electrons. The van der Waals surface area contributed by atoms with Crippen LogP contribution in [0, 0.1) is 17.6 Å². The second kappa shape index (κ2) is 9.07. The summed E-state index contributed by atoms with van der Waals surface area (Å²) in [4.78, 5) is 35.7. The van der Waals surface area contributed by atoms with Crippen LogP contribution in [-0.4, -0.2) is 23.8 Å². The van der Waals surface area contributed by atoms with Gasteiger partial charge in [0.25, 0.3) is 5.91 Å². The highest BCUT2D eigenvalue weighted by Crippen LogP contribution is 2.18. The second-order valence-electron chi connectivity index (χ2n) is 6.42. The minimum absolute atomic E-state index is 0.191. The third kappa shape index (κ3) is 5.35. The van der Waals surface area contributed by atoms with Crippen molar-refractivity contribution in [1.29, 1.82) is 0 Å². The molecule has 8 heteroatoms. The molecule has 28 heavy (non-hydrogen) atoms. The van der Waals surface area contributed by atoms with Crippen LogP contribution in [0.15, 0.2) is 42.5 Å². The van der Waals surface area contributed by atoms with Crippen LogP contribution in [0.1, 0.15) is 31.1 Å². The number of anilines is 1. The van der Waals surface area contributed by atoms with Gasteiger partial charge in [-0.15, -0.1) is 0 Å². The van der Waals surface area contributed by atoms with E-state index in [1.165, 1.54) is 19.1 Å². The minimum atomic E-state index is -1.12. The third-order valence-electron chi connectivity index (χ3n) is 3.79. The monoisotopic (exact) mass is 390 g/mol. The summed E-state index contributed by atoms with van der Waals surface area (Å²) in [5.41, 5.74) is -0.239. The zero-order valence-electron chi connectivity index (χ0n) is 15.6. The van der Waals surface area contributed by atoms with Crippen LogP contribution in [0.5, 0.6) is 5.75 Å². The predicted octanol–water partition coefficient (Wildman–Crippen LogP) is 3.28. The highest BCUT2D eigenvalue weighted by atomic mass is 19.1. The maximum absolute atomic E-state index is 13.8. The molecule has 1 atom stereocenters. The van der Waals surface area contributed by atoms with Gasteiger partial charge < -0.3 is 15.4 Å². The number of amides is 2. The number of hydrogen-bond acceptors (Lipinski definition) is 4. The topological polar surface area (TPSA) is 84.5 Å². The smallest absolute Gasteiger partial charge is 0.334 e. The minimum Gasteiger partial charge on any atom is -0.425 e. The van der Waals surface area contributed by atoms with Crippen LogP contribution in [0.25, 0.3) is 0 Å². The predicted molar refractivity (Wildman–Crippen MR) is 98.8 cm³/mol. The molecule has 2 N–H and O–H groups in total. The summed E-state index contributed by atoms with van der Waals surface area (Å²) in [6, 6.07) is 7.96. The number of benzene rings is 2. The molecule has 2 aromatic rings. The van der Waals surface area contributed by atoms with Gasteiger partial charge in [-0.25, -0.2) is 13.6 Å². The third-order valence-corrected chi connectivity index (χ3v) is 3.79. The molecule has 0 heterocycles. The van der Waals surface area contributed by atoms with Gasteiger partial charge in [0.2, 0.25) is 5.91 Å². The van der Waals surface area contributed by atoms with Crippen molar-refractivity contribution >= 4 is 23.5 Å². The summed E-state index contributed by atoms with van der Waals surface area (Å²) < 4.78 is 32.8. The van der Waals surface area contributed by atoms with Crippen molar-refractivity contribution in [2.75, 3.05) is 5.32 Å². The molecule has 0 aliphatic rings. The molecule has 0 aliphatic carbocycles. The Morgan fingerprint density at radius 1 is 0.964 bits per heavy atom. The summed E-state index contributed by atoms with van der Waals surface area (Å²) in [5, 5.41) is 4.90. The lowest BCUT2D eigenvalue weighted by molar-refractivity contribution is -0.137. The molecule has 0 aliphatic heterocycles. The Hall–Kier alpha value is -3.29. The standard InChI is InChI=1S/C20H20F2N2O4/c1-11(2)18(24-19(26)17-15(21)5-4-6-16(17)22)20(27)28-14-9-7-13(8-10-14)23-12(3)25/h4-11,18H,1-3H3,(H,23,25)(H,24,26)/t18-/m1/s1. The second-order valence-corrected chi connectivity index (χ2v) is 6.42. The van der Waals surface area contributed by atoms with Gasteiger partial charge in [0, 0.05) is 12.6 Å². The van der Waals surface area contributed by atoms with E-state index in [0.717, 1.165) is 18.2 Å². The van der Waals surface area contributed by atoms with Gasteiger partial charge in [-0.1, -0.05) is 19.9 Å². The van der Waals surface area contributed by atoms with Gasteiger partial charge in [-0.05, 0) is 42.3 Å². The van der Waals surface area contributed by atoms with Gasteiger partial charge in [0.1, 0.15) is 29.0 Å². The van der Waals surface area contributed by atoms with E-state index in [1.54, 1.807) is 26.0 Å². The average Bonchev–Trinajstić information content (AvgIpc) is 2.60. The molecule has 2 amide bonds. The van der Waals surface area contributed by atoms with E-state index in [0.29, 0.717) is 5.69 Å². The molecule has 0 fully saturated rings. The molecule has 0 bridgehead atoms. The molecule has 0 aromatic heterocycles. The first-order chi connectivity index (χ1) is 13.2. The SMILES string of the molecule is CC(=O)Nc1ccc(OC(=O)[C@H](NC(=O)c2c(F)cccc2F)C(C)C)cc1. The number of ether oxygens (including phenoxy) is 1. The fraction of sp³-hybridized carbons (Fsp3) is 0.250. The fourth-order valence-electron chi connectivity index (χ4n) is 2.42. The van der Waals surface area contributed by atoms with E-state index in [4.69, 9.17) is 4.74 Å². The van der Waals surface area contributed by atoms with Gasteiger partial charge in [0.15, 0.2) is 0 Å². The molecule has 0 unspecified atom stereocenters. The van der Waals surface area contributed by atoms with E-state index >= 15 is 0 Å². The molecular formula is C20H20F2N2O4. The average molecular weight is 390 g/mol. The van der Waals surface area contributed by atoms with Crippen molar-refractivity contribution in [2.24, 2.45) is 5.92 Å². The lowest BCUT2D eigenvalue weighted by Crippen LogP contribution is -2.46. The number of carbonyl (C=O) groups is 3. The van der Waals surface area contributed by atoms with E-state index in [1.807, 2.05) is 0 Å². The zero-order valence-corrected chi connectivity index (χ0v) is 15.6. The largest absolute Gasteiger partial charge is 0.425 e. The number of halogens is 2. The quantitative estimate of drug-likeness (QED) is 0.586. The van der Waals surface area contributed by atoms with Crippen LogP contribution in [-0.2, 0) is 9.59 Å². The van der Waals surface area contributed by atoms with Crippen molar-refractivity contribution < 1.29 is 27.9 Å². The Morgan fingerprint density at radius 3 is 2.04 bits per heavy atom. The van der Waals surface area contributed by atoms with Gasteiger partial charge in [-0.2, -0.15) is 0 Å². The van der Waals surface area contributed by atoms with E-state index in [-0.39, 0.29) is 11.7 Å². The number of esters is 1. The number of nitrogens with one attached hydrogen (secondary N) is 2. The molecule has 0 spiro atoms. The lowest BCUT2D eigenvalue weighted by atomic mass is 10.0. The van der Waals surface area contributed by atoms with Crippen LogP contribution in [0.3, 0.4) is 0 Å². The first kappa shape index (κ1) is 21.0. The Bertz CT molecular complexity index is 862. The maximum atomic E-state index is 13.8. The van der Waals surface area contributed by atoms with Crippen molar-refractivity contribution in [2.45, 2.75) is 26.8 Å². The molecule has 2 rings (SSSR count). The lowest BCUT2D eigenvalue weighted by Gasteiger charge is -2.21. The highest BCUT2D eigenvalue weighted by molar-refractivity contribution is 5.97. The van der Waals surface area contributed by atoms with Crippen LogP contribution in [0.2, 0.25) is 0 Å². The molecular weight excluding hydrogens is 370 g/mol. The first-order valence-corrected chi connectivity index (χ1v) is 8.53. The zero-order chi connectivity index (χ0) is 20.8. The van der Waals surface area contributed by atoms with Crippen molar-refractivity contribution in [3.63, 3.8) is 0 Å².